The van der Waals surface area contributed by atoms with Crippen molar-refractivity contribution in [1.29, 1.82) is 0 Å². The molecule has 1 atom stereocenters. The Labute approximate surface area is 246 Å². The molecule has 0 aliphatic heterocycles. The first kappa shape index (κ1) is 33.4. The van der Waals surface area contributed by atoms with E-state index in [2.05, 4.69) is 32.2 Å². The van der Waals surface area contributed by atoms with E-state index in [1.807, 2.05) is 45.1 Å². The van der Waals surface area contributed by atoms with Crippen molar-refractivity contribution in [2.45, 2.75) is 53.3 Å². The SMILES string of the molecule is C=C(C)/C(=C\C=C/C)C(/C=C(\C)C(=O)NC(C)c1ncc(C(=O)Nc2cc(C(F)(F)F)c(Cl)cn2)s1)=N/C=C/CC. The molecule has 1 unspecified atom stereocenters. The summed E-state index contributed by atoms with van der Waals surface area (Å²) in [5, 5.41) is 5.00. The Morgan fingerprint density at radius 1 is 1.24 bits per heavy atom. The van der Waals surface area contributed by atoms with Crippen LogP contribution >= 0.6 is 22.9 Å². The molecule has 218 valence electrons. The molecule has 0 aliphatic rings. The number of nitrogens with zero attached hydrogens (tertiary/aromatic N) is 3. The number of amides is 2. The van der Waals surface area contributed by atoms with Gasteiger partial charge in [-0.15, -0.1) is 11.3 Å². The number of aliphatic imine (C=N–C) groups is 1. The van der Waals surface area contributed by atoms with Crippen molar-refractivity contribution < 1.29 is 22.8 Å². The number of carbonyl (C=O) groups excluding carboxylic acids is 2. The zero-order valence-electron chi connectivity index (χ0n) is 23.3. The lowest BCUT2D eigenvalue weighted by Gasteiger charge is -2.13. The summed E-state index contributed by atoms with van der Waals surface area (Å²) < 4.78 is 39.3. The smallest absolute Gasteiger partial charge is 0.343 e. The minimum absolute atomic E-state index is 0.121. The fourth-order valence-corrected chi connectivity index (χ4v) is 4.23. The normalized spacial score (nSPS) is 14.0. The van der Waals surface area contributed by atoms with Crippen LogP contribution in [0.15, 0.2) is 83.3 Å². The number of halogens is 4. The average Bonchev–Trinajstić information content (AvgIpc) is 3.40. The van der Waals surface area contributed by atoms with Crippen molar-refractivity contribution in [3.8, 4) is 0 Å². The Morgan fingerprint density at radius 2 is 1.95 bits per heavy atom. The number of hydrogen-bond acceptors (Lipinski definition) is 6. The molecule has 41 heavy (non-hydrogen) atoms. The Kier molecular flexibility index (Phi) is 12.4. The van der Waals surface area contributed by atoms with E-state index in [-0.39, 0.29) is 16.6 Å². The Hall–Kier alpha value is -3.83. The fraction of sp³-hybridized carbons (Fsp3) is 0.276. The van der Waals surface area contributed by atoms with E-state index in [1.54, 1.807) is 26.1 Å². The molecule has 2 heterocycles. The molecule has 0 spiro atoms. The molecule has 0 radical (unpaired) electrons. The quantitative estimate of drug-likeness (QED) is 0.154. The topological polar surface area (TPSA) is 96.3 Å². The third kappa shape index (κ3) is 9.94. The Morgan fingerprint density at radius 3 is 2.56 bits per heavy atom. The van der Waals surface area contributed by atoms with Crippen LogP contribution in [-0.2, 0) is 11.0 Å². The number of rotatable bonds is 11. The van der Waals surface area contributed by atoms with E-state index < -0.39 is 28.7 Å². The molecule has 0 aromatic carbocycles. The van der Waals surface area contributed by atoms with Gasteiger partial charge < -0.3 is 10.6 Å². The number of aromatic nitrogens is 2. The van der Waals surface area contributed by atoms with Crippen molar-refractivity contribution in [2.24, 2.45) is 4.99 Å². The van der Waals surface area contributed by atoms with Gasteiger partial charge in [-0.1, -0.05) is 49.4 Å². The zero-order valence-corrected chi connectivity index (χ0v) is 24.8. The van der Waals surface area contributed by atoms with Crippen LogP contribution in [0.4, 0.5) is 19.0 Å². The molecule has 2 amide bonds. The molecule has 0 saturated heterocycles. The molecule has 7 nitrogen and oxygen atoms in total. The van der Waals surface area contributed by atoms with Gasteiger partial charge in [0, 0.05) is 23.5 Å². The van der Waals surface area contributed by atoms with Crippen LogP contribution in [0.25, 0.3) is 0 Å². The lowest BCUT2D eigenvalue weighted by atomic mass is 10.0. The maximum absolute atomic E-state index is 13.1. The summed E-state index contributed by atoms with van der Waals surface area (Å²) in [5.74, 6) is -1.39. The van der Waals surface area contributed by atoms with Gasteiger partial charge in [0.05, 0.1) is 28.5 Å². The maximum atomic E-state index is 13.1. The maximum Gasteiger partial charge on any atom is 0.418 e. The highest BCUT2D eigenvalue weighted by molar-refractivity contribution is 7.13. The summed E-state index contributed by atoms with van der Waals surface area (Å²) in [6, 6.07) is 0.0883. The molecule has 2 aromatic heterocycles. The standard InChI is InChI=1S/C29H31ClF3N5O2S/c1-7-9-11-20(17(3)4)23(34-12-10-8-2)13-18(5)26(39)37-19(6)28-36-16-24(41-28)27(40)38-25-14-21(29(31,32)33)22(30)15-35-25/h7,9-16,19H,3,8H2,1-2,4-6H3,(H,37,39)(H,35,38,40)/b9-7-,12-10+,18-13+,20-11+,34-23+. The largest absolute Gasteiger partial charge is 0.418 e. The summed E-state index contributed by atoms with van der Waals surface area (Å²) in [5.41, 5.74) is 1.39. The molecule has 0 fully saturated rings. The average molecular weight is 606 g/mol. The van der Waals surface area contributed by atoms with Crippen molar-refractivity contribution in [3.05, 3.63) is 98.8 Å². The van der Waals surface area contributed by atoms with Gasteiger partial charge in [-0.2, -0.15) is 13.2 Å². The van der Waals surface area contributed by atoms with Gasteiger partial charge in [0.2, 0.25) is 5.91 Å². The van der Waals surface area contributed by atoms with E-state index in [0.29, 0.717) is 22.4 Å². The van der Waals surface area contributed by atoms with E-state index >= 15 is 0 Å². The third-order valence-electron chi connectivity index (χ3n) is 5.32. The summed E-state index contributed by atoms with van der Waals surface area (Å²) in [6.45, 7) is 13.1. The summed E-state index contributed by atoms with van der Waals surface area (Å²) in [6.07, 6.45) is 9.04. The second kappa shape index (κ2) is 15.2. The lowest BCUT2D eigenvalue weighted by Crippen LogP contribution is -2.27. The molecule has 0 bridgehead atoms. The van der Waals surface area contributed by atoms with Crippen LogP contribution in [0.2, 0.25) is 5.02 Å². The van der Waals surface area contributed by atoms with Crippen molar-refractivity contribution in [1.82, 2.24) is 15.3 Å². The van der Waals surface area contributed by atoms with E-state index in [0.717, 1.165) is 35.1 Å². The minimum Gasteiger partial charge on any atom is -0.343 e. The van der Waals surface area contributed by atoms with Gasteiger partial charge in [0.1, 0.15) is 15.7 Å². The predicted octanol–water partition coefficient (Wildman–Crippen LogP) is 8.03. The van der Waals surface area contributed by atoms with Gasteiger partial charge in [0.25, 0.3) is 5.91 Å². The monoisotopic (exact) mass is 605 g/mol. The molecule has 0 saturated carbocycles. The van der Waals surface area contributed by atoms with Crippen LogP contribution in [0.1, 0.15) is 67.3 Å². The Balaban J connectivity index is 2.20. The van der Waals surface area contributed by atoms with Crippen molar-refractivity contribution in [2.75, 3.05) is 5.32 Å². The summed E-state index contributed by atoms with van der Waals surface area (Å²) in [7, 11) is 0. The predicted molar refractivity (Wildman–Crippen MR) is 159 cm³/mol. The van der Waals surface area contributed by atoms with Gasteiger partial charge in [0.15, 0.2) is 0 Å². The molecular weight excluding hydrogens is 575 g/mol. The number of alkyl halides is 3. The first-order valence-corrected chi connectivity index (χ1v) is 13.7. The number of thiazole rings is 1. The molecule has 2 N–H and O–H groups in total. The van der Waals surface area contributed by atoms with Gasteiger partial charge in [-0.25, -0.2) is 9.97 Å². The summed E-state index contributed by atoms with van der Waals surface area (Å²) >= 11 is 6.57. The summed E-state index contributed by atoms with van der Waals surface area (Å²) in [4.78, 5) is 38.2. The van der Waals surface area contributed by atoms with E-state index in [1.165, 1.54) is 6.20 Å². The van der Waals surface area contributed by atoms with Crippen LogP contribution < -0.4 is 10.6 Å². The number of anilines is 1. The highest BCUT2D eigenvalue weighted by atomic mass is 35.5. The number of hydrogen-bond donors (Lipinski definition) is 2. The number of pyridine rings is 1. The number of nitrogens with one attached hydrogen (secondary N) is 2. The number of allylic oxidation sites excluding steroid dienone is 7. The minimum atomic E-state index is -4.70. The van der Waals surface area contributed by atoms with Gasteiger partial charge in [-0.3, -0.25) is 14.6 Å². The highest BCUT2D eigenvalue weighted by Gasteiger charge is 2.34. The van der Waals surface area contributed by atoms with E-state index in [4.69, 9.17) is 11.6 Å². The first-order chi connectivity index (χ1) is 19.3. The highest BCUT2D eigenvalue weighted by Crippen LogP contribution is 2.35. The molecule has 2 rings (SSSR count). The molecular formula is C29H31ClF3N5O2S. The van der Waals surface area contributed by atoms with Crippen molar-refractivity contribution >= 4 is 46.3 Å². The van der Waals surface area contributed by atoms with Crippen LogP contribution in [0.5, 0.6) is 0 Å². The number of carbonyl (C=O) groups is 2. The van der Waals surface area contributed by atoms with Gasteiger partial charge in [-0.05, 0) is 51.8 Å². The van der Waals surface area contributed by atoms with Crippen LogP contribution in [0, 0.1) is 0 Å². The van der Waals surface area contributed by atoms with Crippen LogP contribution in [-0.4, -0.2) is 27.5 Å². The fourth-order valence-electron chi connectivity index (χ4n) is 3.20. The van der Waals surface area contributed by atoms with Crippen molar-refractivity contribution in [3.63, 3.8) is 0 Å². The van der Waals surface area contributed by atoms with Gasteiger partial charge >= 0.3 is 6.18 Å². The van der Waals surface area contributed by atoms with Crippen LogP contribution in [0.3, 0.4) is 0 Å². The third-order valence-corrected chi connectivity index (χ3v) is 6.80. The Bertz CT molecular complexity index is 1440. The molecule has 2 aromatic rings. The van der Waals surface area contributed by atoms with E-state index in [9.17, 15) is 22.8 Å². The first-order valence-electron chi connectivity index (χ1n) is 12.5. The second-order valence-corrected chi connectivity index (χ2v) is 10.2. The zero-order chi connectivity index (χ0) is 30.7. The molecule has 12 heteroatoms. The molecule has 0 aliphatic carbocycles. The second-order valence-electron chi connectivity index (χ2n) is 8.78. The lowest BCUT2D eigenvalue weighted by molar-refractivity contribution is -0.137.